The summed E-state index contributed by atoms with van der Waals surface area (Å²) in [5.74, 6) is 7.71. The third kappa shape index (κ3) is 2.98. The number of nitrogens with zero attached hydrogens (tertiary/aromatic N) is 2. The first-order valence-corrected chi connectivity index (χ1v) is 7.45. The number of nitrogens with two attached hydrogens (primary N) is 1. The molecule has 7 heteroatoms. The van der Waals surface area contributed by atoms with Crippen LogP contribution in [0.25, 0.3) is 0 Å². The van der Waals surface area contributed by atoms with E-state index in [1.54, 1.807) is 12.1 Å². The minimum atomic E-state index is -0.303. The van der Waals surface area contributed by atoms with Crippen molar-refractivity contribution in [2.24, 2.45) is 5.84 Å². The molecule has 1 aromatic heterocycles. The van der Waals surface area contributed by atoms with E-state index in [1.165, 1.54) is 6.07 Å². The first-order valence-electron chi connectivity index (χ1n) is 6.65. The van der Waals surface area contributed by atoms with Gasteiger partial charge in [-0.1, -0.05) is 0 Å². The summed E-state index contributed by atoms with van der Waals surface area (Å²) in [5.41, 5.74) is 4.17. The molecule has 1 aliphatic carbocycles. The average molecular weight is 352 g/mol. The van der Waals surface area contributed by atoms with E-state index in [-0.39, 0.29) is 5.82 Å². The number of nitrogens with one attached hydrogen (secondary N) is 2. The van der Waals surface area contributed by atoms with Crippen LogP contribution >= 0.6 is 15.9 Å². The average Bonchev–Trinajstić information content (AvgIpc) is 3.29. The first kappa shape index (κ1) is 14.2. The topological polar surface area (TPSA) is 75.9 Å². The second kappa shape index (κ2) is 5.57. The molecular weight excluding hydrogens is 337 g/mol. The highest BCUT2D eigenvalue weighted by molar-refractivity contribution is 9.10. The van der Waals surface area contributed by atoms with Crippen LogP contribution in [0.4, 0.5) is 21.7 Å². The zero-order valence-corrected chi connectivity index (χ0v) is 13.0. The maximum absolute atomic E-state index is 13.3. The normalized spacial score (nSPS) is 14.1. The molecule has 0 unspecified atom stereocenters. The molecule has 3 rings (SSSR count). The molecule has 2 aromatic rings. The molecule has 1 aliphatic rings. The molecule has 0 saturated heterocycles. The van der Waals surface area contributed by atoms with Gasteiger partial charge < -0.3 is 10.7 Å². The number of anilines is 3. The second-order valence-corrected chi connectivity index (χ2v) is 5.93. The first-order chi connectivity index (χ1) is 10.1. The van der Waals surface area contributed by atoms with E-state index >= 15 is 0 Å². The number of nitrogen functional groups attached to an aromatic ring is 1. The number of halogens is 2. The smallest absolute Gasteiger partial charge is 0.148 e. The number of hydrazine groups is 1. The van der Waals surface area contributed by atoms with Gasteiger partial charge in [-0.3, -0.25) is 0 Å². The molecule has 0 bridgehead atoms. The van der Waals surface area contributed by atoms with Crippen LogP contribution in [-0.4, -0.2) is 9.97 Å². The van der Waals surface area contributed by atoms with Gasteiger partial charge in [0.15, 0.2) is 0 Å². The molecule has 1 aromatic carbocycles. The Morgan fingerprint density at radius 3 is 2.62 bits per heavy atom. The number of hydrogen-bond acceptors (Lipinski definition) is 5. The summed E-state index contributed by atoms with van der Waals surface area (Å²) in [7, 11) is 0. The van der Waals surface area contributed by atoms with Crippen LogP contribution in [0.1, 0.15) is 30.1 Å². The summed E-state index contributed by atoms with van der Waals surface area (Å²) in [5, 5.41) is 3.19. The fourth-order valence-corrected chi connectivity index (χ4v) is 2.41. The molecule has 0 aliphatic heterocycles. The highest BCUT2D eigenvalue weighted by Gasteiger charge is 2.28. The van der Waals surface area contributed by atoms with Gasteiger partial charge in [-0.25, -0.2) is 20.2 Å². The van der Waals surface area contributed by atoms with Crippen molar-refractivity contribution in [3.63, 3.8) is 0 Å². The molecule has 5 nitrogen and oxygen atoms in total. The van der Waals surface area contributed by atoms with E-state index in [1.807, 2.05) is 6.92 Å². The molecule has 0 atom stereocenters. The highest BCUT2D eigenvalue weighted by Crippen LogP contribution is 2.39. The summed E-state index contributed by atoms with van der Waals surface area (Å²) < 4.78 is 13.7. The van der Waals surface area contributed by atoms with E-state index in [0.717, 1.165) is 29.9 Å². The van der Waals surface area contributed by atoms with E-state index in [0.29, 0.717) is 22.0 Å². The predicted octanol–water partition coefficient (Wildman–Crippen LogP) is 3.59. The Morgan fingerprint density at radius 2 is 2.00 bits per heavy atom. The largest absolute Gasteiger partial charge is 0.340 e. The fraction of sp³-hybridized carbons (Fsp3) is 0.286. The predicted molar refractivity (Wildman–Crippen MR) is 83.9 cm³/mol. The van der Waals surface area contributed by atoms with Crippen molar-refractivity contribution < 1.29 is 4.39 Å². The third-order valence-electron chi connectivity index (χ3n) is 3.42. The molecule has 0 radical (unpaired) electrons. The van der Waals surface area contributed by atoms with Crippen LogP contribution in [-0.2, 0) is 0 Å². The Hall–Kier alpha value is -1.73. The van der Waals surface area contributed by atoms with Crippen molar-refractivity contribution in [1.82, 2.24) is 9.97 Å². The summed E-state index contributed by atoms with van der Waals surface area (Å²) in [6.45, 7) is 1.88. The lowest BCUT2D eigenvalue weighted by Crippen LogP contribution is -2.13. The zero-order valence-electron chi connectivity index (χ0n) is 11.5. The van der Waals surface area contributed by atoms with Gasteiger partial charge in [0.2, 0.25) is 0 Å². The molecule has 0 amide bonds. The van der Waals surface area contributed by atoms with Crippen LogP contribution in [0.3, 0.4) is 0 Å². The lowest BCUT2D eigenvalue weighted by Gasteiger charge is -2.13. The van der Waals surface area contributed by atoms with E-state index in [2.05, 4.69) is 36.6 Å². The van der Waals surface area contributed by atoms with Gasteiger partial charge in [0.05, 0.1) is 4.47 Å². The van der Waals surface area contributed by atoms with Crippen LogP contribution in [0, 0.1) is 12.7 Å². The quantitative estimate of drug-likeness (QED) is 0.579. The molecule has 4 N–H and O–H groups in total. The van der Waals surface area contributed by atoms with E-state index < -0.39 is 0 Å². The van der Waals surface area contributed by atoms with Crippen molar-refractivity contribution in [3.05, 3.63) is 39.9 Å². The Labute approximate surface area is 130 Å². The molecule has 0 spiro atoms. The van der Waals surface area contributed by atoms with Crippen molar-refractivity contribution >= 4 is 33.3 Å². The second-order valence-electron chi connectivity index (χ2n) is 5.08. The van der Waals surface area contributed by atoms with Gasteiger partial charge in [0, 0.05) is 17.2 Å². The maximum Gasteiger partial charge on any atom is 0.148 e. The van der Waals surface area contributed by atoms with Gasteiger partial charge in [0.1, 0.15) is 23.3 Å². The Morgan fingerprint density at radius 1 is 1.29 bits per heavy atom. The summed E-state index contributed by atoms with van der Waals surface area (Å²) in [4.78, 5) is 8.99. The van der Waals surface area contributed by atoms with E-state index in [4.69, 9.17) is 5.84 Å². The van der Waals surface area contributed by atoms with Gasteiger partial charge in [-0.2, -0.15) is 0 Å². The third-order valence-corrected chi connectivity index (χ3v) is 4.03. The maximum atomic E-state index is 13.3. The van der Waals surface area contributed by atoms with E-state index in [9.17, 15) is 4.39 Å². The zero-order chi connectivity index (χ0) is 15.0. The Kier molecular flexibility index (Phi) is 3.77. The lowest BCUT2D eigenvalue weighted by molar-refractivity contribution is 0.621. The molecule has 1 fully saturated rings. The van der Waals surface area contributed by atoms with Gasteiger partial charge in [0.25, 0.3) is 0 Å². The fourth-order valence-electron chi connectivity index (χ4n) is 2.03. The van der Waals surface area contributed by atoms with Gasteiger partial charge >= 0.3 is 0 Å². The Balaban J connectivity index is 1.96. The number of aromatic nitrogens is 2. The van der Waals surface area contributed by atoms with Crippen molar-refractivity contribution in [1.29, 1.82) is 0 Å². The minimum Gasteiger partial charge on any atom is -0.340 e. The van der Waals surface area contributed by atoms with Crippen LogP contribution in [0.5, 0.6) is 0 Å². The molecule has 110 valence electrons. The molecule has 1 heterocycles. The van der Waals surface area contributed by atoms with Crippen molar-refractivity contribution in [2.45, 2.75) is 25.7 Å². The van der Waals surface area contributed by atoms with Gasteiger partial charge in [-0.15, -0.1) is 0 Å². The molecular formula is C14H15BrFN5. The highest BCUT2D eigenvalue weighted by atomic mass is 79.9. The molecule has 1 saturated carbocycles. The SMILES string of the molecule is Cc1c(NN)nc(C2CC2)nc1Nc1ccc(F)c(Br)c1. The van der Waals surface area contributed by atoms with Crippen LogP contribution < -0.4 is 16.6 Å². The summed E-state index contributed by atoms with van der Waals surface area (Å²) >= 11 is 3.17. The Bertz CT molecular complexity index is 687. The minimum absolute atomic E-state index is 0.303. The van der Waals surface area contributed by atoms with Crippen LogP contribution in [0.15, 0.2) is 22.7 Å². The van der Waals surface area contributed by atoms with Crippen LogP contribution in [0.2, 0.25) is 0 Å². The van der Waals surface area contributed by atoms with Gasteiger partial charge in [-0.05, 0) is 53.9 Å². The standard InChI is InChI=1S/C14H15BrFN5/c1-7-12(18-9-4-5-11(16)10(15)6-9)19-14(8-2-3-8)20-13(7)21-17/h4-6,8H,2-3,17H2,1H3,(H2,18,19,20,21). The number of hydrogen-bond donors (Lipinski definition) is 3. The lowest BCUT2D eigenvalue weighted by atomic mass is 10.2. The number of rotatable bonds is 4. The molecule has 21 heavy (non-hydrogen) atoms. The summed E-state index contributed by atoms with van der Waals surface area (Å²) in [6.07, 6.45) is 2.21. The number of benzene rings is 1. The van der Waals surface area contributed by atoms with Crippen molar-refractivity contribution in [3.8, 4) is 0 Å². The van der Waals surface area contributed by atoms with Crippen molar-refractivity contribution in [2.75, 3.05) is 10.7 Å². The summed E-state index contributed by atoms with van der Waals surface area (Å²) in [6, 6.07) is 4.73. The monoisotopic (exact) mass is 351 g/mol.